The van der Waals surface area contributed by atoms with Gasteiger partial charge in [0.15, 0.2) is 11.5 Å². The summed E-state index contributed by atoms with van der Waals surface area (Å²) in [5, 5.41) is 4.25. The summed E-state index contributed by atoms with van der Waals surface area (Å²) in [5.74, 6) is 2.92. The van der Waals surface area contributed by atoms with Gasteiger partial charge < -0.3 is 24.5 Å². The number of piperidine rings is 1. The van der Waals surface area contributed by atoms with Gasteiger partial charge in [0.05, 0.1) is 13.7 Å². The minimum absolute atomic E-state index is 0.0490. The van der Waals surface area contributed by atoms with Gasteiger partial charge in [-0.1, -0.05) is 6.07 Å². The smallest absolute Gasteiger partial charge is 0.234 e. The van der Waals surface area contributed by atoms with Gasteiger partial charge in [0.1, 0.15) is 5.75 Å². The molecule has 0 saturated carbocycles. The summed E-state index contributed by atoms with van der Waals surface area (Å²) in [6, 6.07) is 11.9. The maximum Gasteiger partial charge on any atom is 0.234 e. The molecule has 2 aliphatic heterocycles. The predicted octanol–water partition coefficient (Wildman–Crippen LogP) is 3.40. The maximum atomic E-state index is 12.4. The molecule has 2 aromatic carbocycles. The fourth-order valence-corrected chi connectivity index (χ4v) is 4.50. The largest absolute Gasteiger partial charge is 0.497 e. The number of hydrogen-bond acceptors (Lipinski definition) is 5. The molecule has 3 heterocycles. The van der Waals surface area contributed by atoms with Gasteiger partial charge >= 0.3 is 0 Å². The molecule has 0 spiro atoms. The van der Waals surface area contributed by atoms with Gasteiger partial charge in [-0.05, 0) is 73.3 Å². The van der Waals surface area contributed by atoms with Crippen LogP contribution in [0.1, 0.15) is 29.9 Å². The van der Waals surface area contributed by atoms with E-state index in [0.29, 0.717) is 19.0 Å². The summed E-state index contributed by atoms with van der Waals surface area (Å²) < 4.78 is 16.1. The summed E-state index contributed by atoms with van der Waals surface area (Å²) >= 11 is 0. The Morgan fingerprint density at radius 1 is 1.16 bits per heavy atom. The molecule has 7 nitrogen and oxygen atoms in total. The summed E-state index contributed by atoms with van der Waals surface area (Å²) in [4.78, 5) is 18.1. The minimum Gasteiger partial charge on any atom is -0.497 e. The number of likely N-dealkylation sites (tertiary alicyclic amines) is 1. The monoisotopic (exact) mass is 421 g/mol. The molecule has 31 heavy (non-hydrogen) atoms. The normalized spacial score (nSPS) is 16.5. The van der Waals surface area contributed by atoms with E-state index in [2.05, 4.69) is 33.5 Å². The predicted molar refractivity (Wildman–Crippen MR) is 118 cm³/mol. The molecule has 3 aromatic rings. The number of carbonyl (C=O) groups is 1. The van der Waals surface area contributed by atoms with Crippen molar-refractivity contribution in [2.75, 3.05) is 33.5 Å². The van der Waals surface area contributed by atoms with E-state index in [0.717, 1.165) is 54.3 Å². The van der Waals surface area contributed by atoms with Crippen molar-refractivity contribution in [3.63, 3.8) is 0 Å². The van der Waals surface area contributed by atoms with Crippen LogP contribution < -0.4 is 19.5 Å². The number of rotatable bonds is 6. The van der Waals surface area contributed by atoms with E-state index in [1.165, 1.54) is 10.9 Å². The Labute approximate surface area is 181 Å². The molecular formula is C24H27N3O4. The van der Waals surface area contributed by atoms with Gasteiger partial charge in [-0.25, -0.2) is 0 Å². The molecule has 5 rings (SSSR count). The van der Waals surface area contributed by atoms with Crippen molar-refractivity contribution < 1.29 is 19.0 Å². The first kappa shape index (κ1) is 19.8. The van der Waals surface area contributed by atoms with E-state index in [4.69, 9.17) is 14.2 Å². The molecular weight excluding hydrogens is 394 g/mol. The molecule has 2 N–H and O–H groups in total. The highest BCUT2D eigenvalue weighted by atomic mass is 16.7. The van der Waals surface area contributed by atoms with E-state index < -0.39 is 0 Å². The Hall–Kier alpha value is -3.19. The number of nitrogens with zero attached hydrogens (tertiary/aromatic N) is 1. The van der Waals surface area contributed by atoms with Crippen molar-refractivity contribution in [3.05, 3.63) is 53.7 Å². The van der Waals surface area contributed by atoms with Crippen molar-refractivity contribution in [2.45, 2.75) is 25.3 Å². The number of amides is 1. The Balaban J connectivity index is 1.13. The van der Waals surface area contributed by atoms with Crippen molar-refractivity contribution in [1.82, 2.24) is 15.2 Å². The number of aromatic amines is 1. The molecule has 162 valence electrons. The van der Waals surface area contributed by atoms with Gasteiger partial charge in [0.25, 0.3) is 0 Å². The SMILES string of the molecule is COc1ccc2[nH]cc(C3CCN(CC(=O)NCc4ccc5c(c4)OCO5)CC3)c2c1. The van der Waals surface area contributed by atoms with Crippen LogP contribution in [0.15, 0.2) is 42.6 Å². The average molecular weight is 421 g/mol. The summed E-state index contributed by atoms with van der Waals surface area (Å²) in [5.41, 5.74) is 3.49. The topological polar surface area (TPSA) is 75.8 Å². The van der Waals surface area contributed by atoms with Crippen LogP contribution in [0.25, 0.3) is 10.9 Å². The lowest BCUT2D eigenvalue weighted by atomic mass is 9.89. The number of ether oxygens (including phenoxy) is 3. The Morgan fingerprint density at radius 2 is 2.00 bits per heavy atom. The first-order chi connectivity index (χ1) is 15.2. The molecule has 1 saturated heterocycles. The lowest BCUT2D eigenvalue weighted by Crippen LogP contribution is -2.41. The number of carbonyl (C=O) groups excluding carboxylic acids is 1. The highest BCUT2D eigenvalue weighted by Gasteiger charge is 2.24. The maximum absolute atomic E-state index is 12.4. The second-order valence-corrected chi connectivity index (χ2v) is 8.17. The minimum atomic E-state index is 0.0490. The summed E-state index contributed by atoms with van der Waals surface area (Å²) in [7, 11) is 1.70. The third-order valence-electron chi connectivity index (χ3n) is 6.24. The van der Waals surface area contributed by atoms with Crippen LogP contribution in [-0.2, 0) is 11.3 Å². The van der Waals surface area contributed by atoms with Crippen LogP contribution in [0.5, 0.6) is 17.2 Å². The van der Waals surface area contributed by atoms with Crippen molar-refractivity contribution in [3.8, 4) is 17.2 Å². The number of fused-ring (bicyclic) bond motifs is 2. The van der Waals surface area contributed by atoms with E-state index in [1.54, 1.807) is 7.11 Å². The number of hydrogen-bond donors (Lipinski definition) is 2. The van der Waals surface area contributed by atoms with Crippen molar-refractivity contribution in [2.24, 2.45) is 0 Å². The highest BCUT2D eigenvalue weighted by Crippen LogP contribution is 2.35. The molecule has 0 aliphatic carbocycles. The van der Waals surface area contributed by atoms with Crippen LogP contribution in [-0.4, -0.2) is 49.3 Å². The molecule has 0 radical (unpaired) electrons. The molecule has 2 aliphatic rings. The lowest BCUT2D eigenvalue weighted by molar-refractivity contribution is -0.122. The van der Waals surface area contributed by atoms with Gasteiger partial charge in [-0.2, -0.15) is 0 Å². The third-order valence-corrected chi connectivity index (χ3v) is 6.24. The molecule has 7 heteroatoms. The molecule has 0 bridgehead atoms. The molecule has 1 aromatic heterocycles. The van der Waals surface area contributed by atoms with Crippen molar-refractivity contribution >= 4 is 16.8 Å². The Kier molecular flexibility index (Phi) is 5.42. The number of H-pyrrole nitrogens is 1. The van der Waals surface area contributed by atoms with Crippen LogP contribution in [0, 0.1) is 0 Å². The van der Waals surface area contributed by atoms with Crippen LogP contribution in [0.4, 0.5) is 0 Å². The molecule has 1 fully saturated rings. The second-order valence-electron chi connectivity index (χ2n) is 8.17. The molecule has 0 unspecified atom stereocenters. The first-order valence-corrected chi connectivity index (χ1v) is 10.7. The lowest BCUT2D eigenvalue weighted by Gasteiger charge is -2.31. The zero-order valence-corrected chi connectivity index (χ0v) is 17.6. The standard InChI is InChI=1S/C24H27N3O4/c1-29-18-3-4-21-19(11-18)20(13-25-21)17-6-8-27(9-7-17)14-24(28)26-12-16-2-5-22-23(10-16)31-15-30-22/h2-5,10-11,13,17,25H,6-9,12,14-15H2,1H3,(H,26,28). The summed E-state index contributed by atoms with van der Waals surface area (Å²) in [6.45, 7) is 3.01. The van der Waals surface area contributed by atoms with Crippen molar-refractivity contribution in [1.29, 1.82) is 0 Å². The van der Waals surface area contributed by atoms with E-state index in [9.17, 15) is 4.79 Å². The summed E-state index contributed by atoms with van der Waals surface area (Å²) in [6.07, 6.45) is 4.21. The first-order valence-electron chi connectivity index (χ1n) is 10.7. The third kappa shape index (κ3) is 4.18. The number of nitrogens with one attached hydrogen (secondary N) is 2. The number of methoxy groups -OCH3 is 1. The van der Waals surface area contributed by atoms with Gasteiger partial charge in [0.2, 0.25) is 12.7 Å². The average Bonchev–Trinajstić information content (AvgIpc) is 3.44. The fourth-order valence-electron chi connectivity index (χ4n) is 4.50. The molecule has 1 amide bonds. The Morgan fingerprint density at radius 3 is 2.84 bits per heavy atom. The van der Waals surface area contributed by atoms with Crippen LogP contribution >= 0.6 is 0 Å². The zero-order valence-electron chi connectivity index (χ0n) is 17.6. The Bertz CT molecular complexity index is 1090. The van der Waals surface area contributed by atoms with Crippen LogP contribution in [0.3, 0.4) is 0 Å². The van der Waals surface area contributed by atoms with Gasteiger partial charge in [0, 0.05) is 23.6 Å². The molecule has 0 atom stereocenters. The van der Waals surface area contributed by atoms with Crippen LogP contribution in [0.2, 0.25) is 0 Å². The fraction of sp³-hybridized carbons (Fsp3) is 0.375. The zero-order chi connectivity index (χ0) is 21.2. The second kappa shape index (κ2) is 8.51. The van der Waals surface area contributed by atoms with E-state index >= 15 is 0 Å². The number of benzene rings is 2. The van der Waals surface area contributed by atoms with E-state index in [-0.39, 0.29) is 12.7 Å². The van der Waals surface area contributed by atoms with Gasteiger partial charge in [-0.15, -0.1) is 0 Å². The highest BCUT2D eigenvalue weighted by molar-refractivity contribution is 5.85. The number of aromatic nitrogens is 1. The van der Waals surface area contributed by atoms with Gasteiger partial charge in [-0.3, -0.25) is 9.69 Å². The van der Waals surface area contributed by atoms with E-state index in [1.807, 2.05) is 24.3 Å². The quantitative estimate of drug-likeness (QED) is 0.638.